The van der Waals surface area contributed by atoms with Crippen molar-refractivity contribution in [3.63, 3.8) is 0 Å². The molecule has 6 nitrogen and oxygen atoms in total. The number of ketones is 1. The normalized spacial score (nSPS) is 17.5. The number of piperidine rings is 1. The Labute approximate surface area is 165 Å². The van der Waals surface area contributed by atoms with Crippen LogP contribution in [0.4, 0.5) is 0 Å². The maximum Gasteiger partial charge on any atom is 0.223 e. The first kappa shape index (κ1) is 20.1. The van der Waals surface area contributed by atoms with E-state index in [1.54, 1.807) is 12.3 Å². The van der Waals surface area contributed by atoms with Gasteiger partial charge in [-0.05, 0) is 45.4 Å². The van der Waals surface area contributed by atoms with Crippen LogP contribution < -0.4 is 14.9 Å². The van der Waals surface area contributed by atoms with Gasteiger partial charge in [0, 0.05) is 42.5 Å². The lowest BCUT2D eigenvalue weighted by Gasteiger charge is -2.32. The molecule has 1 atom stereocenters. The zero-order valence-electron chi connectivity index (χ0n) is 16.7. The van der Waals surface area contributed by atoms with Crippen molar-refractivity contribution in [3.8, 4) is 11.5 Å². The minimum absolute atomic E-state index is 0.0481. The second kappa shape index (κ2) is 9.06. The monoisotopic (exact) mass is 384 g/mol. The number of aromatic nitrogens is 1. The number of pyridine rings is 1. The Morgan fingerprint density at radius 1 is 1.32 bits per heavy atom. The van der Waals surface area contributed by atoms with Gasteiger partial charge in [-0.3, -0.25) is 14.5 Å². The summed E-state index contributed by atoms with van der Waals surface area (Å²) >= 11 is 0. The average molecular weight is 384 g/mol. The predicted molar refractivity (Wildman–Crippen MR) is 108 cm³/mol. The lowest BCUT2D eigenvalue weighted by atomic mass is 9.90. The summed E-state index contributed by atoms with van der Waals surface area (Å²) in [4.78, 5) is 30.3. The number of rotatable bonds is 7. The number of hydrogen-bond donors (Lipinski definition) is 1. The molecule has 6 heteroatoms. The minimum Gasteiger partial charge on any atom is -0.491 e. The first-order chi connectivity index (χ1) is 13.5. The van der Waals surface area contributed by atoms with Crippen LogP contribution in [-0.4, -0.2) is 42.0 Å². The van der Waals surface area contributed by atoms with Crippen LogP contribution in [0.3, 0.4) is 0 Å². The second-order valence-corrected chi connectivity index (χ2v) is 7.52. The number of carbonyl (C=O) groups is 1. The van der Waals surface area contributed by atoms with Crippen LogP contribution in [0.25, 0.3) is 0 Å². The summed E-state index contributed by atoms with van der Waals surface area (Å²) in [5.74, 6) is 1.14. The van der Waals surface area contributed by atoms with E-state index in [-0.39, 0.29) is 23.2 Å². The highest BCUT2D eigenvalue weighted by Gasteiger charge is 2.27. The zero-order valence-corrected chi connectivity index (χ0v) is 16.7. The van der Waals surface area contributed by atoms with E-state index < -0.39 is 0 Å². The fourth-order valence-electron chi connectivity index (χ4n) is 3.64. The Morgan fingerprint density at radius 2 is 2.14 bits per heavy atom. The zero-order chi connectivity index (χ0) is 20.1. The van der Waals surface area contributed by atoms with Gasteiger partial charge in [-0.1, -0.05) is 12.1 Å². The minimum atomic E-state index is -0.136. The standard InChI is InChI=1S/C22H28N2O4/c1-15(2)28-19-8-4-6-16(10-19)22(26)17-7-5-9-24(13-17)14-18-11-20(25)21(27-3)12-23-18/h4,6,8,10-12,15,17H,5,7,9,13-14H2,1-3H3,(H,23,25)/t17-/m0/s1. The van der Waals surface area contributed by atoms with Crippen molar-refractivity contribution in [1.82, 2.24) is 9.88 Å². The van der Waals surface area contributed by atoms with E-state index >= 15 is 0 Å². The number of Topliss-reactive ketones (excluding diaryl/α,β-unsaturated/α-hetero) is 1. The Balaban J connectivity index is 1.66. The Hall–Kier alpha value is -2.60. The summed E-state index contributed by atoms with van der Waals surface area (Å²) in [5.41, 5.74) is 1.39. The van der Waals surface area contributed by atoms with E-state index in [2.05, 4.69) is 9.88 Å². The van der Waals surface area contributed by atoms with Crippen molar-refractivity contribution >= 4 is 5.78 Å². The number of methoxy groups -OCH3 is 1. The highest BCUT2D eigenvalue weighted by molar-refractivity contribution is 5.98. The van der Waals surface area contributed by atoms with Gasteiger partial charge < -0.3 is 14.5 Å². The molecule has 1 aromatic heterocycles. The van der Waals surface area contributed by atoms with Gasteiger partial charge in [0.2, 0.25) is 5.43 Å². The smallest absolute Gasteiger partial charge is 0.223 e. The lowest BCUT2D eigenvalue weighted by molar-refractivity contribution is 0.0809. The SMILES string of the molecule is COc1c[nH]c(CN2CCC[C@H](C(=O)c3cccc(OC(C)C)c3)C2)cc1=O. The maximum absolute atomic E-state index is 13.0. The van der Waals surface area contributed by atoms with Crippen molar-refractivity contribution in [2.75, 3.05) is 20.2 Å². The number of nitrogens with one attached hydrogen (secondary N) is 1. The summed E-state index contributed by atoms with van der Waals surface area (Å²) in [6.45, 7) is 6.14. The molecule has 0 unspecified atom stereocenters. The van der Waals surface area contributed by atoms with Crippen molar-refractivity contribution in [2.45, 2.75) is 39.3 Å². The molecule has 1 aliphatic rings. The van der Waals surface area contributed by atoms with Crippen LogP contribution in [0.1, 0.15) is 42.7 Å². The number of nitrogens with zero attached hydrogens (tertiary/aromatic N) is 1. The highest BCUT2D eigenvalue weighted by atomic mass is 16.5. The average Bonchev–Trinajstić information content (AvgIpc) is 2.67. The van der Waals surface area contributed by atoms with Crippen LogP contribution in [0.2, 0.25) is 0 Å². The largest absolute Gasteiger partial charge is 0.491 e. The molecule has 1 N–H and O–H groups in total. The number of aromatic amines is 1. The van der Waals surface area contributed by atoms with Crippen molar-refractivity contribution in [1.29, 1.82) is 0 Å². The van der Waals surface area contributed by atoms with Crippen LogP contribution in [0.15, 0.2) is 41.3 Å². The fourth-order valence-corrected chi connectivity index (χ4v) is 3.64. The van der Waals surface area contributed by atoms with Gasteiger partial charge in [-0.15, -0.1) is 0 Å². The third-order valence-electron chi connectivity index (χ3n) is 4.92. The molecule has 28 heavy (non-hydrogen) atoms. The van der Waals surface area contributed by atoms with Gasteiger partial charge in [0.05, 0.1) is 13.2 Å². The van der Waals surface area contributed by atoms with Crippen molar-refractivity contribution < 1.29 is 14.3 Å². The van der Waals surface area contributed by atoms with E-state index in [1.807, 2.05) is 38.1 Å². The van der Waals surface area contributed by atoms with Crippen LogP contribution in [0.5, 0.6) is 11.5 Å². The summed E-state index contributed by atoms with van der Waals surface area (Å²) in [6, 6.07) is 9.01. The first-order valence-electron chi connectivity index (χ1n) is 9.75. The summed E-state index contributed by atoms with van der Waals surface area (Å²) in [6.07, 6.45) is 3.50. The maximum atomic E-state index is 13.0. The van der Waals surface area contributed by atoms with E-state index in [4.69, 9.17) is 9.47 Å². The molecule has 2 aromatic rings. The predicted octanol–water partition coefficient (Wildman–Crippen LogP) is 3.27. The molecule has 1 aromatic carbocycles. The van der Waals surface area contributed by atoms with Gasteiger partial charge in [0.1, 0.15) is 5.75 Å². The number of H-pyrrole nitrogens is 1. The molecule has 1 saturated heterocycles. The molecule has 0 saturated carbocycles. The molecule has 2 heterocycles. The van der Waals surface area contributed by atoms with Gasteiger partial charge in [-0.2, -0.15) is 0 Å². The van der Waals surface area contributed by atoms with Gasteiger partial charge >= 0.3 is 0 Å². The summed E-state index contributed by atoms with van der Waals surface area (Å²) in [7, 11) is 1.48. The molecule has 0 radical (unpaired) electrons. The number of likely N-dealkylation sites (tertiary alicyclic amines) is 1. The topological polar surface area (TPSA) is 71.6 Å². The van der Waals surface area contributed by atoms with Crippen molar-refractivity contribution in [2.24, 2.45) is 5.92 Å². The quantitative estimate of drug-likeness (QED) is 0.742. The molecule has 0 spiro atoms. The van der Waals surface area contributed by atoms with Crippen LogP contribution in [-0.2, 0) is 6.54 Å². The number of carbonyl (C=O) groups excluding carboxylic acids is 1. The van der Waals surface area contributed by atoms with E-state index in [0.29, 0.717) is 24.4 Å². The molecule has 1 fully saturated rings. The van der Waals surface area contributed by atoms with Gasteiger partial charge in [0.15, 0.2) is 11.5 Å². The summed E-state index contributed by atoms with van der Waals surface area (Å²) in [5, 5.41) is 0. The second-order valence-electron chi connectivity index (χ2n) is 7.52. The Morgan fingerprint density at radius 3 is 2.86 bits per heavy atom. The molecular weight excluding hydrogens is 356 g/mol. The molecule has 3 rings (SSSR count). The third kappa shape index (κ3) is 5.01. The lowest BCUT2D eigenvalue weighted by Crippen LogP contribution is -2.38. The molecule has 0 aliphatic carbocycles. The Bertz CT molecular complexity index is 875. The van der Waals surface area contributed by atoms with Crippen LogP contribution in [0, 0.1) is 5.92 Å². The molecule has 150 valence electrons. The molecular formula is C22H28N2O4. The van der Waals surface area contributed by atoms with E-state index in [0.717, 1.165) is 30.8 Å². The van der Waals surface area contributed by atoms with Gasteiger partial charge in [-0.25, -0.2) is 0 Å². The van der Waals surface area contributed by atoms with E-state index in [9.17, 15) is 9.59 Å². The molecule has 0 bridgehead atoms. The number of ether oxygens (including phenoxy) is 2. The third-order valence-corrected chi connectivity index (χ3v) is 4.92. The first-order valence-corrected chi connectivity index (χ1v) is 9.75. The molecule has 0 amide bonds. The number of hydrogen-bond acceptors (Lipinski definition) is 5. The molecule has 1 aliphatic heterocycles. The van der Waals surface area contributed by atoms with Crippen molar-refractivity contribution in [3.05, 3.63) is 58.0 Å². The summed E-state index contributed by atoms with van der Waals surface area (Å²) < 4.78 is 10.7. The Kier molecular flexibility index (Phi) is 6.52. The highest BCUT2D eigenvalue weighted by Crippen LogP contribution is 2.24. The number of benzene rings is 1. The van der Waals surface area contributed by atoms with E-state index in [1.165, 1.54) is 7.11 Å². The fraction of sp³-hybridized carbons (Fsp3) is 0.455. The van der Waals surface area contributed by atoms with Gasteiger partial charge in [0.25, 0.3) is 0 Å². The van der Waals surface area contributed by atoms with Crippen LogP contribution >= 0.6 is 0 Å².